The lowest BCUT2D eigenvalue weighted by Gasteiger charge is -2.18. The van der Waals surface area contributed by atoms with Crippen molar-refractivity contribution in [2.75, 3.05) is 48.6 Å². The van der Waals surface area contributed by atoms with Crippen LogP contribution >= 0.6 is 0 Å². The smallest absolute Gasteiger partial charge is 0.166 e. The highest BCUT2D eigenvalue weighted by atomic mass is 16.5. The maximum atomic E-state index is 12.8. The number of likely N-dealkylation sites (N-methyl/N-ethyl adjacent to an activating group) is 1. The largest absolute Gasteiger partial charge is 0.493 e. The summed E-state index contributed by atoms with van der Waals surface area (Å²) in [6, 6.07) is 9.82. The normalized spacial score (nSPS) is 15.2. The maximum Gasteiger partial charge on any atom is 0.166 e. The van der Waals surface area contributed by atoms with E-state index in [1.54, 1.807) is 28.4 Å². The quantitative estimate of drug-likeness (QED) is 0.540. The van der Waals surface area contributed by atoms with Gasteiger partial charge in [-0.1, -0.05) is 6.07 Å². The SMILES string of the molecule is COc1ccc(CCN(C)CCCC2Cc3cc(OC)c(OC)cc3C2=O)cc1OC. The summed E-state index contributed by atoms with van der Waals surface area (Å²) < 4.78 is 21.4. The monoisotopic (exact) mass is 427 g/mol. The topological polar surface area (TPSA) is 57.2 Å². The van der Waals surface area contributed by atoms with Gasteiger partial charge in [-0.15, -0.1) is 0 Å². The molecule has 0 heterocycles. The molecule has 6 nitrogen and oxygen atoms in total. The lowest BCUT2D eigenvalue weighted by Crippen LogP contribution is -2.23. The molecule has 2 aromatic carbocycles. The molecule has 0 fully saturated rings. The van der Waals surface area contributed by atoms with Crippen molar-refractivity contribution in [3.05, 3.63) is 47.0 Å². The Kier molecular flexibility index (Phi) is 7.80. The average molecular weight is 428 g/mol. The van der Waals surface area contributed by atoms with Crippen LogP contribution in [0.25, 0.3) is 0 Å². The van der Waals surface area contributed by atoms with Gasteiger partial charge in [-0.3, -0.25) is 4.79 Å². The summed E-state index contributed by atoms with van der Waals surface area (Å²) in [5.41, 5.74) is 3.06. The van der Waals surface area contributed by atoms with Crippen LogP contribution in [-0.4, -0.2) is 59.3 Å². The second kappa shape index (κ2) is 10.5. The van der Waals surface area contributed by atoms with Crippen molar-refractivity contribution in [1.29, 1.82) is 0 Å². The standard InChI is InChI=1S/C25H33NO5/c1-26(12-10-17-8-9-21(28-2)22(13-17)29-3)11-6-7-18-14-19-15-23(30-4)24(31-5)16-20(19)25(18)27/h8-9,13,15-16,18H,6-7,10-12,14H2,1-5H3. The van der Waals surface area contributed by atoms with Gasteiger partial charge in [0.15, 0.2) is 28.8 Å². The fourth-order valence-corrected chi connectivity index (χ4v) is 4.21. The Labute approximate surface area is 185 Å². The summed E-state index contributed by atoms with van der Waals surface area (Å²) in [4.78, 5) is 15.1. The van der Waals surface area contributed by atoms with Crippen LogP contribution < -0.4 is 18.9 Å². The van der Waals surface area contributed by atoms with Crippen LogP contribution in [0, 0.1) is 5.92 Å². The van der Waals surface area contributed by atoms with Crippen molar-refractivity contribution in [1.82, 2.24) is 4.90 Å². The van der Waals surface area contributed by atoms with Gasteiger partial charge in [-0.05, 0) is 74.7 Å². The fourth-order valence-electron chi connectivity index (χ4n) is 4.21. The second-order valence-electron chi connectivity index (χ2n) is 8.01. The van der Waals surface area contributed by atoms with E-state index in [4.69, 9.17) is 18.9 Å². The predicted molar refractivity (Wildman–Crippen MR) is 121 cm³/mol. The zero-order valence-corrected chi connectivity index (χ0v) is 19.2. The zero-order chi connectivity index (χ0) is 22.4. The number of benzene rings is 2. The third kappa shape index (κ3) is 5.31. The molecule has 2 aromatic rings. The molecule has 0 aromatic heterocycles. The molecule has 31 heavy (non-hydrogen) atoms. The van der Waals surface area contributed by atoms with Crippen LogP contribution in [0.5, 0.6) is 23.0 Å². The van der Waals surface area contributed by atoms with Crippen LogP contribution in [0.1, 0.15) is 34.3 Å². The van der Waals surface area contributed by atoms with Gasteiger partial charge in [0.1, 0.15) is 0 Å². The van der Waals surface area contributed by atoms with Crippen molar-refractivity contribution in [2.24, 2.45) is 5.92 Å². The molecule has 6 heteroatoms. The van der Waals surface area contributed by atoms with Crippen molar-refractivity contribution in [2.45, 2.75) is 25.7 Å². The van der Waals surface area contributed by atoms with Crippen LogP contribution in [-0.2, 0) is 12.8 Å². The summed E-state index contributed by atoms with van der Waals surface area (Å²) >= 11 is 0. The molecule has 0 aliphatic heterocycles. The number of Topliss-reactive ketones (excluding diaryl/α,β-unsaturated/α-hetero) is 1. The number of nitrogens with zero attached hydrogens (tertiary/aromatic N) is 1. The molecule has 1 aliphatic rings. The third-order valence-electron chi connectivity index (χ3n) is 6.03. The Morgan fingerprint density at radius 3 is 2.19 bits per heavy atom. The average Bonchev–Trinajstić information content (AvgIpc) is 3.10. The van der Waals surface area contributed by atoms with E-state index in [0.717, 1.165) is 61.4 Å². The molecule has 1 aliphatic carbocycles. The first-order valence-electron chi connectivity index (χ1n) is 10.7. The van der Waals surface area contributed by atoms with Gasteiger partial charge in [0.05, 0.1) is 28.4 Å². The van der Waals surface area contributed by atoms with Gasteiger partial charge in [0.2, 0.25) is 0 Å². The van der Waals surface area contributed by atoms with Gasteiger partial charge < -0.3 is 23.8 Å². The first-order valence-corrected chi connectivity index (χ1v) is 10.7. The van der Waals surface area contributed by atoms with Crippen LogP contribution in [0.3, 0.4) is 0 Å². The number of hydrogen-bond acceptors (Lipinski definition) is 6. The minimum absolute atomic E-state index is 0.0473. The molecule has 0 bridgehead atoms. The number of methoxy groups -OCH3 is 4. The first-order chi connectivity index (χ1) is 15.0. The molecule has 0 N–H and O–H groups in total. The van der Waals surface area contributed by atoms with Gasteiger partial charge in [-0.2, -0.15) is 0 Å². The van der Waals surface area contributed by atoms with Crippen LogP contribution in [0.2, 0.25) is 0 Å². The molecule has 0 amide bonds. The Balaban J connectivity index is 1.47. The number of fused-ring (bicyclic) bond motifs is 1. The Morgan fingerprint density at radius 2 is 1.52 bits per heavy atom. The number of carbonyl (C=O) groups is 1. The number of carbonyl (C=O) groups excluding carboxylic acids is 1. The van der Waals surface area contributed by atoms with E-state index < -0.39 is 0 Å². The third-order valence-corrected chi connectivity index (χ3v) is 6.03. The summed E-state index contributed by atoms with van der Waals surface area (Å²) in [6.07, 6.45) is 3.59. The van der Waals surface area contributed by atoms with Crippen LogP contribution in [0.4, 0.5) is 0 Å². The molecule has 1 atom stereocenters. The Bertz CT molecular complexity index is 911. The summed E-state index contributed by atoms with van der Waals surface area (Å²) in [5, 5.41) is 0. The van der Waals surface area contributed by atoms with E-state index in [9.17, 15) is 4.79 Å². The van der Waals surface area contributed by atoms with E-state index in [1.807, 2.05) is 24.3 Å². The predicted octanol–water partition coefficient (Wildman–Crippen LogP) is 4.03. The van der Waals surface area contributed by atoms with E-state index in [2.05, 4.69) is 18.0 Å². The highest BCUT2D eigenvalue weighted by Crippen LogP contribution is 2.38. The number of ether oxygens (including phenoxy) is 4. The van der Waals surface area contributed by atoms with E-state index in [1.165, 1.54) is 5.56 Å². The number of hydrogen-bond donors (Lipinski definition) is 0. The molecular formula is C25H33NO5. The van der Waals surface area contributed by atoms with E-state index >= 15 is 0 Å². The maximum absolute atomic E-state index is 12.8. The van der Waals surface area contributed by atoms with Crippen molar-refractivity contribution in [3.8, 4) is 23.0 Å². The molecule has 0 spiro atoms. The number of rotatable bonds is 11. The Hall–Kier alpha value is -2.73. The lowest BCUT2D eigenvalue weighted by molar-refractivity contribution is 0.0927. The molecule has 1 unspecified atom stereocenters. The van der Waals surface area contributed by atoms with Gasteiger partial charge in [-0.25, -0.2) is 0 Å². The summed E-state index contributed by atoms with van der Waals surface area (Å²) in [5.74, 6) is 3.08. The van der Waals surface area contributed by atoms with E-state index in [0.29, 0.717) is 11.5 Å². The fraction of sp³-hybridized carbons (Fsp3) is 0.480. The lowest BCUT2D eigenvalue weighted by atomic mass is 9.99. The molecule has 0 saturated carbocycles. The molecule has 0 saturated heterocycles. The van der Waals surface area contributed by atoms with Crippen molar-refractivity contribution >= 4 is 5.78 Å². The molecule has 168 valence electrons. The van der Waals surface area contributed by atoms with Gasteiger partial charge in [0.25, 0.3) is 0 Å². The minimum atomic E-state index is 0.0473. The summed E-state index contributed by atoms with van der Waals surface area (Å²) in [6.45, 7) is 1.91. The Morgan fingerprint density at radius 1 is 0.871 bits per heavy atom. The number of ketones is 1. The van der Waals surface area contributed by atoms with E-state index in [-0.39, 0.29) is 11.7 Å². The highest BCUT2D eigenvalue weighted by Gasteiger charge is 2.31. The molecule has 3 rings (SSSR count). The van der Waals surface area contributed by atoms with Gasteiger partial charge >= 0.3 is 0 Å². The molecule has 0 radical (unpaired) electrons. The minimum Gasteiger partial charge on any atom is -0.493 e. The first kappa shape index (κ1) is 22.9. The van der Waals surface area contributed by atoms with Gasteiger partial charge in [0, 0.05) is 18.0 Å². The second-order valence-corrected chi connectivity index (χ2v) is 8.01. The van der Waals surface area contributed by atoms with Crippen molar-refractivity contribution < 1.29 is 23.7 Å². The molecular weight excluding hydrogens is 394 g/mol. The highest BCUT2D eigenvalue weighted by molar-refractivity contribution is 6.02. The van der Waals surface area contributed by atoms with Crippen molar-refractivity contribution in [3.63, 3.8) is 0 Å². The summed E-state index contributed by atoms with van der Waals surface area (Å²) in [7, 11) is 8.64. The zero-order valence-electron chi connectivity index (χ0n) is 19.2. The van der Waals surface area contributed by atoms with Crippen LogP contribution in [0.15, 0.2) is 30.3 Å².